The fourth-order valence-electron chi connectivity index (χ4n) is 1.30. The van der Waals surface area contributed by atoms with E-state index < -0.39 is 11.8 Å². The highest BCUT2D eigenvalue weighted by Crippen LogP contribution is 1.94. The molecule has 3 N–H and O–H groups in total. The van der Waals surface area contributed by atoms with Crippen LogP contribution in [0.15, 0.2) is 43.1 Å². The Labute approximate surface area is 125 Å². The van der Waals surface area contributed by atoms with E-state index in [1.165, 1.54) is 24.8 Å². The summed E-state index contributed by atoms with van der Waals surface area (Å²) in [4.78, 5) is 34.8. The number of nitrogens with zero attached hydrogens (tertiary/aromatic N) is 3. The Morgan fingerprint density at radius 1 is 1.00 bits per heavy atom. The van der Waals surface area contributed by atoms with Crippen molar-refractivity contribution >= 4 is 29.1 Å². The van der Waals surface area contributed by atoms with Crippen LogP contribution in [0.3, 0.4) is 0 Å². The molecule has 2 rings (SSSR count). The Morgan fingerprint density at radius 2 is 1.81 bits per heavy atom. The summed E-state index contributed by atoms with van der Waals surface area (Å²) < 4.78 is 0. The fourth-order valence-corrected chi connectivity index (χ4v) is 1.44. The maximum atomic E-state index is 11.8. The number of pyridine rings is 1. The van der Waals surface area contributed by atoms with Gasteiger partial charge >= 0.3 is 0 Å². The normalized spacial score (nSPS) is 9.52. The van der Waals surface area contributed by atoms with E-state index in [9.17, 15) is 9.59 Å². The SMILES string of the molecule is O=C(NC(=S)NNC(=O)c1cnccn1)c1cccnc1. The Kier molecular flexibility index (Phi) is 4.83. The monoisotopic (exact) mass is 302 g/mol. The largest absolute Gasteiger partial charge is 0.298 e. The zero-order valence-electron chi connectivity index (χ0n) is 10.6. The minimum absolute atomic E-state index is 0.0545. The van der Waals surface area contributed by atoms with Crippen LogP contribution >= 0.6 is 12.2 Å². The summed E-state index contributed by atoms with van der Waals surface area (Å²) in [5.74, 6) is -0.963. The predicted molar refractivity (Wildman–Crippen MR) is 76.9 cm³/mol. The molecular formula is C12H10N6O2S. The van der Waals surface area contributed by atoms with Crippen LogP contribution in [-0.2, 0) is 0 Å². The Hall–Kier alpha value is -2.94. The van der Waals surface area contributed by atoms with Crippen molar-refractivity contribution in [3.8, 4) is 0 Å². The highest BCUT2D eigenvalue weighted by Gasteiger charge is 2.09. The number of carbonyl (C=O) groups is 2. The topological polar surface area (TPSA) is 109 Å². The summed E-state index contributed by atoms with van der Waals surface area (Å²) >= 11 is 4.88. The zero-order valence-corrected chi connectivity index (χ0v) is 11.4. The average Bonchev–Trinajstić information content (AvgIpc) is 2.54. The number of nitrogens with one attached hydrogen (secondary N) is 3. The van der Waals surface area contributed by atoms with Crippen molar-refractivity contribution < 1.29 is 9.59 Å². The van der Waals surface area contributed by atoms with E-state index >= 15 is 0 Å². The lowest BCUT2D eigenvalue weighted by Gasteiger charge is -2.10. The van der Waals surface area contributed by atoms with Gasteiger partial charge in [-0.15, -0.1) is 0 Å². The van der Waals surface area contributed by atoms with Crippen LogP contribution < -0.4 is 16.2 Å². The molecule has 2 aromatic heterocycles. The molecule has 8 nitrogen and oxygen atoms in total. The molecule has 2 heterocycles. The summed E-state index contributed by atoms with van der Waals surface area (Å²) in [6.07, 6.45) is 7.08. The van der Waals surface area contributed by atoms with Gasteiger partial charge in [-0.2, -0.15) is 0 Å². The van der Waals surface area contributed by atoms with Crippen molar-refractivity contribution in [3.05, 3.63) is 54.4 Å². The molecule has 0 aliphatic carbocycles. The molecule has 0 aromatic carbocycles. The molecular weight excluding hydrogens is 292 g/mol. The van der Waals surface area contributed by atoms with Crippen LogP contribution in [-0.4, -0.2) is 31.9 Å². The first-order valence-electron chi connectivity index (χ1n) is 5.74. The maximum absolute atomic E-state index is 11.8. The van der Waals surface area contributed by atoms with Crippen molar-refractivity contribution in [2.45, 2.75) is 0 Å². The van der Waals surface area contributed by atoms with Crippen molar-refractivity contribution in [2.24, 2.45) is 0 Å². The van der Waals surface area contributed by atoms with Gasteiger partial charge in [0.15, 0.2) is 5.11 Å². The molecule has 106 valence electrons. The van der Waals surface area contributed by atoms with Gasteiger partial charge in [-0.3, -0.25) is 35.7 Å². The first-order chi connectivity index (χ1) is 10.2. The number of hydrogen-bond acceptors (Lipinski definition) is 6. The van der Waals surface area contributed by atoms with Crippen LogP contribution in [0.4, 0.5) is 0 Å². The van der Waals surface area contributed by atoms with Crippen LogP contribution in [0, 0.1) is 0 Å². The van der Waals surface area contributed by atoms with E-state index in [1.54, 1.807) is 18.3 Å². The number of hydrazine groups is 1. The van der Waals surface area contributed by atoms with Crippen molar-refractivity contribution in [2.75, 3.05) is 0 Å². The van der Waals surface area contributed by atoms with Gasteiger partial charge in [0.25, 0.3) is 11.8 Å². The summed E-state index contributed by atoms with van der Waals surface area (Å²) in [7, 11) is 0. The Balaban J connectivity index is 1.83. The average molecular weight is 302 g/mol. The molecule has 0 fully saturated rings. The minimum atomic E-state index is -0.527. The molecule has 0 saturated carbocycles. The number of hydrogen-bond donors (Lipinski definition) is 3. The maximum Gasteiger partial charge on any atom is 0.289 e. The molecule has 0 saturated heterocycles. The number of thiocarbonyl (C=S) groups is 1. The van der Waals surface area contributed by atoms with E-state index in [0.29, 0.717) is 5.56 Å². The molecule has 0 radical (unpaired) electrons. The van der Waals surface area contributed by atoms with Crippen molar-refractivity contribution in [1.82, 2.24) is 31.1 Å². The lowest BCUT2D eigenvalue weighted by molar-refractivity contribution is 0.0930. The van der Waals surface area contributed by atoms with Crippen LogP contribution in [0.2, 0.25) is 0 Å². The van der Waals surface area contributed by atoms with Gasteiger partial charge in [0.1, 0.15) is 5.69 Å². The van der Waals surface area contributed by atoms with Crippen LogP contribution in [0.25, 0.3) is 0 Å². The first kappa shape index (κ1) is 14.5. The highest BCUT2D eigenvalue weighted by molar-refractivity contribution is 7.80. The van der Waals surface area contributed by atoms with Crippen molar-refractivity contribution in [3.63, 3.8) is 0 Å². The van der Waals surface area contributed by atoms with Gasteiger partial charge in [-0.1, -0.05) is 0 Å². The number of amides is 2. The van der Waals surface area contributed by atoms with Gasteiger partial charge in [0.2, 0.25) is 0 Å². The molecule has 2 amide bonds. The molecule has 0 spiro atoms. The lowest BCUT2D eigenvalue weighted by Crippen LogP contribution is -2.48. The van der Waals surface area contributed by atoms with E-state index in [0.717, 1.165) is 0 Å². The summed E-state index contributed by atoms with van der Waals surface area (Å²) in [6.45, 7) is 0. The molecule has 21 heavy (non-hydrogen) atoms. The van der Waals surface area contributed by atoms with E-state index in [1.807, 2.05) is 0 Å². The molecule has 0 atom stereocenters. The summed E-state index contributed by atoms with van der Waals surface area (Å²) in [5.41, 5.74) is 5.15. The predicted octanol–water partition coefficient (Wildman–Crippen LogP) is -0.179. The Bertz CT molecular complexity index is 649. The van der Waals surface area contributed by atoms with Gasteiger partial charge in [0.05, 0.1) is 11.8 Å². The fraction of sp³-hybridized carbons (Fsp3) is 0. The minimum Gasteiger partial charge on any atom is -0.298 e. The standard InChI is InChI=1S/C12H10N6O2S/c19-10(8-2-1-3-13-6-8)16-12(21)18-17-11(20)9-7-14-4-5-15-9/h1-7H,(H,17,20)(H2,16,18,19,21). The molecule has 9 heteroatoms. The first-order valence-corrected chi connectivity index (χ1v) is 6.15. The van der Waals surface area contributed by atoms with Crippen LogP contribution in [0.5, 0.6) is 0 Å². The van der Waals surface area contributed by atoms with Gasteiger partial charge < -0.3 is 0 Å². The third-order valence-electron chi connectivity index (χ3n) is 2.24. The third-order valence-corrected chi connectivity index (χ3v) is 2.44. The van der Waals surface area contributed by atoms with Crippen molar-refractivity contribution in [1.29, 1.82) is 0 Å². The molecule has 0 aliphatic rings. The van der Waals surface area contributed by atoms with Gasteiger partial charge in [-0.25, -0.2) is 4.98 Å². The molecule has 0 bridgehead atoms. The van der Waals surface area contributed by atoms with Gasteiger partial charge in [-0.05, 0) is 24.4 Å². The number of carbonyl (C=O) groups excluding carboxylic acids is 2. The number of aromatic nitrogens is 3. The second-order valence-electron chi connectivity index (χ2n) is 3.69. The van der Waals surface area contributed by atoms with Crippen LogP contribution in [0.1, 0.15) is 20.8 Å². The highest BCUT2D eigenvalue weighted by atomic mass is 32.1. The summed E-state index contributed by atoms with van der Waals surface area (Å²) in [5, 5.41) is 2.34. The molecule has 0 aliphatic heterocycles. The zero-order chi connectivity index (χ0) is 15.1. The van der Waals surface area contributed by atoms with E-state index in [-0.39, 0.29) is 10.8 Å². The molecule has 2 aromatic rings. The smallest absolute Gasteiger partial charge is 0.289 e. The quantitative estimate of drug-likeness (QED) is 0.521. The summed E-state index contributed by atoms with van der Waals surface area (Å²) in [6, 6.07) is 3.21. The van der Waals surface area contributed by atoms with E-state index in [4.69, 9.17) is 12.2 Å². The Morgan fingerprint density at radius 3 is 2.48 bits per heavy atom. The van der Waals surface area contributed by atoms with E-state index in [2.05, 4.69) is 31.1 Å². The molecule has 0 unspecified atom stereocenters. The second kappa shape index (κ2) is 7.01. The lowest BCUT2D eigenvalue weighted by atomic mass is 10.3. The third kappa shape index (κ3) is 4.28. The van der Waals surface area contributed by atoms with Gasteiger partial charge in [0, 0.05) is 24.8 Å². The number of rotatable bonds is 2. The second-order valence-corrected chi connectivity index (χ2v) is 4.10.